The molecule has 0 N–H and O–H groups in total. The number of piperidine rings is 1. The number of Topliss-reactive ketones (excluding diaryl/α,β-unsaturated/α-hetero) is 1. The van der Waals surface area contributed by atoms with Crippen molar-refractivity contribution in [2.75, 3.05) is 20.8 Å². The average Bonchev–Trinajstić information content (AvgIpc) is 2.85. The third-order valence-corrected chi connectivity index (χ3v) is 6.98. The van der Waals surface area contributed by atoms with Crippen LogP contribution >= 0.6 is 0 Å². The van der Waals surface area contributed by atoms with Gasteiger partial charge < -0.3 is 19.3 Å². The van der Waals surface area contributed by atoms with Gasteiger partial charge in [-0.05, 0) is 37.3 Å². The van der Waals surface area contributed by atoms with E-state index < -0.39 is 17.7 Å². The van der Waals surface area contributed by atoms with Gasteiger partial charge in [-0.3, -0.25) is 14.4 Å². The van der Waals surface area contributed by atoms with Crippen molar-refractivity contribution in [1.29, 1.82) is 0 Å². The number of ether oxygens (including phenoxy) is 2. The van der Waals surface area contributed by atoms with Crippen molar-refractivity contribution in [2.24, 2.45) is 0 Å². The number of carbonyl (C=O) groups excluding carboxylic acids is 3. The molecule has 0 spiro atoms. The number of fused-ring (bicyclic) bond motifs is 6. The van der Waals surface area contributed by atoms with Crippen LogP contribution in [0, 0.1) is 0 Å². The molecule has 0 aromatic heterocycles. The first kappa shape index (κ1) is 20.5. The van der Waals surface area contributed by atoms with Crippen LogP contribution in [0.1, 0.15) is 46.8 Å². The van der Waals surface area contributed by atoms with Crippen molar-refractivity contribution in [2.45, 2.75) is 43.8 Å². The maximum absolute atomic E-state index is 13.5. The van der Waals surface area contributed by atoms with Crippen molar-refractivity contribution in [3.8, 4) is 11.5 Å². The van der Waals surface area contributed by atoms with Crippen LogP contribution < -0.4 is 9.47 Å². The van der Waals surface area contributed by atoms with E-state index in [0.717, 1.165) is 24.0 Å². The number of carbonyl (C=O) groups is 3. The Kier molecular flexibility index (Phi) is 5.12. The monoisotopic (exact) mass is 434 g/mol. The third-order valence-electron chi connectivity index (χ3n) is 6.98. The molecule has 2 amide bonds. The molecule has 2 aromatic carbocycles. The number of nitrogens with zero attached hydrogens (tertiary/aromatic N) is 2. The van der Waals surface area contributed by atoms with Crippen LogP contribution in [0.4, 0.5) is 0 Å². The molecule has 3 atom stereocenters. The highest BCUT2D eigenvalue weighted by Crippen LogP contribution is 2.48. The lowest BCUT2D eigenvalue weighted by molar-refractivity contribution is -0.164. The zero-order valence-corrected chi connectivity index (χ0v) is 18.2. The van der Waals surface area contributed by atoms with Crippen LogP contribution in [0.15, 0.2) is 42.5 Å². The van der Waals surface area contributed by atoms with E-state index in [0.29, 0.717) is 36.4 Å². The number of rotatable bonds is 4. The van der Waals surface area contributed by atoms with Crippen LogP contribution in [-0.4, -0.2) is 60.2 Å². The standard InChI is InChI=1S/C25H26N2O5/c1-31-17-13-16-11-12-26-22(21(16)20(14-17)32-2)18-9-6-10-19(24(26)29)27(18)25(30)23(28)15-7-4-3-5-8-15/h3-5,7-8,13-14,18-19,22H,6,9-12H2,1-2H3/t18-,19+,22?/m1/s1. The van der Waals surface area contributed by atoms with Gasteiger partial charge in [0.25, 0.3) is 5.91 Å². The highest BCUT2D eigenvalue weighted by atomic mass is 16.5. The predicted molar refractivity (Wildman–Crippen MR) is 117 cm³/mol. The van der Waals surface area contributed by atoms with E-state index in [1.807, 2.05) is 17.0 Å². The van der Waals surface area contributed by atoms with Gasteiger partial charge in [0.1, 0.15) is 17.5 Å². The molecule has 3 heterocycles. The molecule has 0 radical (unpaired) electrons. The lowest BCUT2D eigenvalue weighted by Crippen LogP contribution is -2.68. The summed E-state index contributed by atoms with van der Waals surface area (Å²) in [5.41, 5.74) is 2.32. The summed E-state index contributed by atoms with van der Waals surface area (Å²) in [4.78, 5) is 43.5. The molecule has 0 saturated carbocycles. The smallest absolute Gasteiger partial charge is 0.295 e. The van der Waals surface area contributed by atoms with Crippen LogP contribution in [-0.2, 0) is 16.0 Å². The van der Waals surface area contributed by atoms with Gasteiger partial charge in [0.15, 0.2) is 0 Å². The number of hydrogen-bond acceptors (Lipinski definition) is 5. The van der Waals surface area contributed by atoms with E-state index in [-0.39, 0.29) is 18.0 Å². The van der Waals surface area contributed by atoms with E-state index in [9.17, 15) is 14.4 Å². The summed E-state index contributed by atoms with van der Waals surface area (Å²) < 4.78 is 11.1. The highest BCUT2D eigenvalue weighted by Gasteiger charge is 2.54. The zero-order valence-electron chi connectivity index (χ0n) is 18.2. The third kappa shape index (κ3) is 3.06. The fourth-order valence-electron chi connectivity index (χ4n) is 5.56. The first-order chi connectivity index (χ1) is 15.5. The first-order valence-electron chi connectivity index (χ1n) is 11.0. The van der Waals surface area contributed by atoms with Crippen LogP contribution in [0.2, 0.25) is 0 Å². The van der Waals surface area contributed by atoms with Crippen molar-refractivity contribution < 1.29 is 23.9 Å². The molecule has 5 rings (SSSR count). The fraction of sp³-hybridized carbons (Fsp3) is 0.400. The van der Waals surface area contributed by atoms with Gasteiger partial charge in [0.05, 0.1) is 26.3 Å². The number of ketones is 1. The Morgan fingerprint density at radius 2 is 1.81 bits per heavy atom. The van der Waals surface area contributed by atoms with Crippen molar-refractivity contribution in [3.05, 3.63) is 59.2 Å². The minimum atomic E-state index is -0.599. The van der Waals surface area contributed by atoms with E-state index >= 15 is 0 Å². The van der Waals surface area contributed by atoms with Crippen LogP contribution in [0.5, 0.6) is 11.5 Å². The summed E-state index contributed by atoms with van der Waals surface area (Å²) >= 11 is 0. The number of hydrogen-bond donors (Lipinski definition) is 0. The maximum atomic E-state index is 13.5. The summed E-state index contributed by atoms with van der Waals surface area (Å²) in [5.74, 6) is 0.0983. The predicted octanol–water partition coefficient (Wildman–Crippen LogP) is 2.78. The van der Waals surface area contributed by atoms with Crippen molar-refractivity contribution in [1.82, 2.24) is 9.80 Å². The summed E-state index contributed by atoms with van der Waals surface area (Å²) in [7, 11) is 3.21. The lowest BCUT2D eigenvalue weighted by atomic mass is 9.78. The Morgan fingerprint density at radius 3 is 2.53 bits per heavy atom. The molecule has 2 saturated heterocycles. The quantitative estimate of drug-likeness (QED) is 0.546. The van der Waals surface area contributed by atoms with Crippen molar-refractivity contribution in [3.63, 3.8) is 0 Å². The molecule has 2 fully saturated rings. The van der Waals surface area contributed by atoms with Gasteiger partial charge in [-0.25, -0.2) is 0 Å². The molecule has 3 aliphatic rings. The Morgan fingerprint density at radius 1 is 1.03 bits per heavy atom. The van der Waals surface area contributed by atoms with Gasteiger partial charge >= 0.3 is 0 Å². The second-order valence-electron chi connectivity index (χ2n) is 8.55. The minimum Gasteiger partial charge on any atom is -0.497 e. The number of methoxy groups -OCH3 is 2. The van der Waals surface area contributed by atoms with Gasteiger partial charge in [-0.2, -0.15) is 0 Å². The van der Waals surface area contributed by atoms with Gasteiger partial charge in [0, 0.05) is 23.7 Å². The molecule has 2 bridgehead atoms. The molecular weight excluding hydrogens is 408 g/mol. The summed E-state index contributed by atoms with van der Waals surface area (Å²) in [6.07, 6.45) is 2.84. The average molecular weight is 434 g/mol. The molecule has 7 nitrogen and oxygen atoms in total. The van der Waals surface area contributed by atoms with Crippen molar-refractivity contribution >= 4 is 17.6 Å². The second kappa shape index (κ2) is 7.97. The SMILES string of the molecule is COc1cc2c(c(OC)c1)C1[C@H]3CCC[C@@H](C(=O)N1CC2)N3C(=O)C(=O)c1ccccc1. The lowest BCUT2D eigenvalue weighted by Gasteiger charge is -2.55. The van der Waals surface area contributed by atoms with E-state index in [1.54, 1.807) is 49.5 Å². The van der Waals surface area contributed by atoms with Gasteiger partial charge in [0.2, 0.25) is 11.7 Å². The van der Waals surface area contributed by atoms with E-state index in [2.05, 4.69) is 0 Å². The Labute approximate surface area is 186 Å². The van der Waals surface area contributed by atoms with E-state index in [4.69, 9.17) is 9.47 Å². The molecule has 166 valence electrons. The fourth-order valence-corrected chi connectivity index (χ4v) is 5.56. The Balaban J connectivity index is 1.59. The maximum Gasteiger partial charge on any atom is 0.295 e. The minimum absolute atomic E-state index is 0.0799. The number of piperazine rings is 1. The topological polar surface area (TPSA) is 76.2 Å². The van der Waals surface area contributed by atoms with Crippen LogP contribution in [0.25, 0.3) is 0 Å². The van der Waals surface area contributed by atoms with Crippen LogP contribution in [0.3, 0.4) is 0 Å². The van der Waals surface area contributed by atoms with Gasteiger partial charge in [-0.1, -0.05) is 30.3 Å². The number of benzene rings is 2. The Hall–Kier alpha value is -3.35. The largest absolute Gasteiger partial charge is 0.497 e. The molecule has 32 heavy (non-hydrogen) atoms. The number of amides is 2. The molecular formula is C25H26N2O5. The summed E-state index contributed by atoms with van der Waals surface area (Å²) in [6, 6.07) is 11.2. The molecule has 1 unspecified atom stereocenters. The highest BCUT2D eigenvalue weighted by molar-refractivity contribution is 6.43. The summed E-state index contributed by atoms with van der Waals surface area (Å²) in [5, 5.41) is 0. The molecule has 7 heteroatoms. The van der Waals surface area contributed by atoms with E-state index in [1.165, 1.54) is 0 Å². The summed E-state index contributed by atoms with van der Waals surface area (Å²) in [6.45, 7) is 0.578. The van der Waals surface area contributed by atoms with Gasteiger partial charge in [-0.15, -0.1) is 0 Å². The normalized spacial score (nSPS) is 23.8. The zero-order chi connectivity index (χ0) is 22.4. The molecule has 0 aliphatic carbocycles. The first-order valence-corrected chi connectivity index (χ1v) is 11.0. The molecule has 2 aromatic rings. The Bertz CT molecular complexity index is 1070. The second-order valence-corrected chi connectivity index (χ2v) is 8.55. The molecule has 3 aliphatic heterocycles.